The van der Waals surface area contributed by atoms with Crippen molar-refractivity contribution in [2.75, 3.05) is 26.8 Å². The highest BCUT2D eigenvalue weighted by Crippen LogP contribution is 2.54. The molecule has 0 unspecified atom stereocenters. The zero-order valence-electron chi connectivity index (χ0n) is 21.0. The van der Waals surface area contributed by atoms with Crippen LogP contribution < -0.4 is 9.47 Å². The van der Waals surface area contributed by atoms with Crippen LogP contribution in [0.5, 0.6) is 11.5 Å². The third kappa shape index (κ3) is 4.80. The van der Waals surface area contributed by atoms with E-state index in [4.69, 9.17) is 14.2 Å². The molecule has 1 spiro atoms. The molecule has 2 aliphatic heterocycles. The van der Waals surface area contributed by atoms with Gasteiger partial charge >= 0.3 is 12.1 Å². The van der Waals surface area contributed by atoms with Gasteiger partial charge in [-0.15, -0.1) is 0 Å². The van der Waals surface area contributed by atoms with Crippen LogP contribution in [0.25, 0.3) is 0 Å². The summed E-state index contributed by atoms with van der Waals surface area (Å²) in [6.45, 7) is 2.48. The fourth-order valence-corrected chi connectivity index (χ4v) is 6.34. The summed E-state index contributed by atoms with van der Waals surface area (Å²) >= 11 is 0. The van der Waals surface area contributed by atoms with Crippen LogP contribution in [0.3, 0.4) is 0 Å². The number of piperidine rings is 1. The van der Waals surface area contributed by atoms with Gasteiger partial charge < -0.3 is 14.2 Å². The van der Waals surface area contributed by atoms with Crippen LogP contribution in [0.2, 0.25) is 0 Å². The number of methoxy groups -OCH3 is 1. The number of hydrogen-bond acceptors (Lipinski definition) is 5. The number of ether oxygens (including phenoxy) is 3. The van der Waals surface area contributed by atoms with Crippen LogP contribution in [-0.2, 0) is 28.7 Å². The van der Waals surface area contributed by atoms with Crippen molar-refractivity contribution in [1.29, 1.82) is 0 Å². The van der Waals surface area contributed by atoms with Crippen LogP contribution in [0.4, 0.5) is 13.2 Å². The van der Waals surface area contributed by atoms with Gasteiger partial charge in [-0.1, -0.05) is 12.1 Å². The zero-order valence-corrected chi connectivity index (χ0v) is 21.0. The Kier molecular flexibility index (Phi) is 6.13. The van der Waals surface area contributed by atoms with E-state index in [1.54, 1.807) is 6.07 Å². The highest BCUT2D eigenvalue weighted by molar-refractivity contribution is 5.71. The number of esters is 1. The van der Waals surface area contributed by atoms with E-state index in [9.17, 15) is 18.0 Å². The normalized spacial score (nSPS) is 23.9. The van der Waals surface area contributed by atoms with Crippen molar-refractivity contribution < 1.29 is 32.2 Å². The Labute approximate surface area is 214 Å². The van der Waals surface area contributed by atoms with E-state index < -0.39 is 11.7 Å². The van der Waals surface area contributed by atoms with Gasteiger partial charge in [-0.3, -0.25) is 9.69 Å². The van der Waals surface area contributed by atoms with E-state index in [1.807, 2.05) is 18.2 Å². The van der Waals surface area contributed by atoms with Gasteiger partial charge in [0.15, 0.2) is 0 Å². The smallest absolute Gasteiger partial charge is 0.416 e. The standard InChI is InChI=1S/C29H32F3NO4/c1-35-27(34)14-18-17-36-26-15-19(2-3-20(18)26)37-25-7-5-21-22(25)4-6-24(29(30,31)32)23(21)16-33-12-10-28(8-9-28)11-13-33/h2-4,6,15,18,25H,5,7-14,16-17H2,1H3/t18-,25-/m1/s1. The van der Waals surface area contributed by atoms with Crippen molar-refractivity contribution in [2.24, 2.45) is 5.41 Å². The second-order valence-corrected chi connectivity index (χ2v) is 11.1. The molecule has 6 rings (SSSR count). The molecular weight excluding hydrogens is 483 g/mol. The molecule has 0 radical (unpaired) electrons. The van der Waals surface area contributed by atoms with Gasteiger partial charge in [-0.2, -0.15) is 13.2 Å². The van der Waals surface area contributed by atoms with Crippen LogP contribution >= 0.6 is 0 Å². The first kappa shape index (κ1) is 24.6. The average Bonchev–Trinajstić information content (AvgIpc) is 3.32. The minimum atomic E-state index is -4.38. The lowest BCUT2D eigenvalue weighted by molar-refractivity contribution is -0.141. The van der Waals surface area contributed by atoms with Crippen LogP contribution in [-0.4, -0.2) is 37.7 Å². The van der Waals surface area contributed by atoms with E-state index in [0.29, 0.717) is 48.5 Å². The van der Waals surface area contributed by atoms with E-state index in [-0.39, 0.29) is 24.4 Å². The molecular formula is C29H32F3NO4. The van der Waals surface area contributed by atoms with E-state index in [0.717, 1.165) is 42.6 Å². The molecule has 1 saturated heterocycles. The Balaban J connectivity index is 1.21. The molecule has 2 aliphatic carbocycles. The first-order chi connectivity index (χ1) is 17.7. The molecule has 5 nitrogen and oxygen atoms in total. The van der Waals surface area contributed by atoms with Crippen molar-refractivity contribution in [2.45, 2.75) is 69.7 Å². The summed E-state index contributed by atoms with van der Waals surface area (Å²) < 4.78 is 58.9. The van der Waals surface area contributed by atoms with Crippen molar-refractivity contribution in [3.05, 3.63) is 58.1 Å². The van der Waals surface area contributed by atoms with Gasteiger partial charge in [-0.05, 0) is 85.9 Å². The Morgan fingerprint density at radius 2 is 1.86 bits per heavy atom. The van der Waals surface area contributed by atoms with Gasteiger partial charge in [-0.25, -0.2) is 0 Å². The van der Waals surface area contributed by atoms with Crippen molar-refractivity contribution in [3.63, 3.8) is 0 Å². The van der Waals surface area contributed by atoms with Gasteiger partial charge in [0.25, 0.3) is 0 Å². The number of halogens is 3. The SMILES string of the molecule is COC(=O)C[C@@H]1COc2cc(O[C@@H]3CCc4c3ccc(C(F)(F)F)c4CN3CCC4(CC3)CC4)ccc21. The Morgan fingerprint density at radius 1 is 1.11 bits per heavy atom. The van der Waals surface area contributed by atoms with Gasteiger partial charge in [0.1, 0.15) is 17.6 Å². The van der Waals surface area contributed by atoms with Crippen LogP contribution in [0.1, 0.15) is 78.4 Å². The summed E-state index contributed by atoms with van der Waals surface area (Å²) in [4.78, 5) is 13.9. The number of rotatable bonds is 6. The maximum absolute atomic E-state index is 14.0. The van der Waals surface area contributed by atoms with Crippen LogP contribution in [0, 0.1) is 5.41 Å². The summed E-state index contributed by atoms with van der Waals surface area (Å²) in [5.41, 5.74) is 2.98. The number of carbonyl (C=O) groups is 1. The fraction of sp³-hybridized carbons (Fsp3) is 0.552. The van der Waals surface area contributed by atoms with E-state index in [2.05, 4.69) is 4.90 Å². The molecule has 4 aliphatic rings. The molecule has 198 valence electrons. The molecule has 8 heteroatoms. The Hall–Kier alpha value is -2.74. The average molecular weight is 516 g/mol. The number of fused-ring (bicyclic) bond motifs is 2. The highest BCUT2D eigenvalue weighted by atomic mass is 19.4. The summed E-state index contributed by atoms with van der Waals surface area (Å²) in [6.07, 6.45) is 1.50. The maximum atomic E-state index is 14.0. The number of benzene rings is 2. The minimum Gasteiger partial charge on any atom is -0.492 e. The largest absolute Gasteiger partial charge is 0.492 e. The lowest BCUT2D eigenvalue weighted by Crippen LogP contribution is -2.35. The molecule has 1 saturated carbocycles. The summed E-state index contributed by atoms with van der Waals surface area (Å²) in [5.74, 6) is 0.949. The zero-order chi connectivity index (χ0) is 25.8. The minimum absolute atomic E-state index is 0.0587. The Bertz CT molecular complexity index is 1200. The highest BCUT2D eigenvalue weighted by Gasteiger charge is 2.45. The molecule has 2 atom stereocenters. The third-order valence-electron chi connectivity index (χ3n) is 8.82. The van der Waals surface area contributed by atoms with E-state index >= 15 is 0 Å². The topological polar surface area (TPSA) is 48.0 Å². The number of carbonyl (C=O) groups excluding carboxylic acids is 1. The predicted octanol–water partition coefficient (Wildman–Crippen LogP) is 6.19. The quantitative estimate of drug-likeness (QED) is 0.430. The summed E-state index contributed by atoms with van der Waals surface area (Å²) in [6, 6.07) is 8.41. The Morgan fingerprint density at radius 3 is 2.57 bits per heavy atom. The van der Waals surface area contributed by atoms with Gasteiger partial charge in [0.2, 0.25) is 0 Å². The molecule has 37 heavy (non-hydrogen) atoms. The molecule has 0 aromatic heterocycles. The molecule has 2 fully saturated rings. The third-order valence-corrected chi connectivity index (χ3v) is 8.82. The number of likely N-dealkylation sites (tertiary alicyclic amines) is 1. The summed E-state index contributed by atoms with van der Waals surface area (Å²) in [7, 11) is 1.37. The van der Waals surface area contributed by atoms with Crippen molar-refractivity contribution >= 4 is 5.97 Å². The number of hydrogen-bond donors (Lipinski definition) is 0. The summed E-state index contributed by atoms with van der Waals surface area (Å²) in [5, 5.41) is 0. The molecule has 0 amide bonds. The molecule has 0 N–H and O–H groups in total. The lowest BCUT2D eigenvalue weighted by atomic mass is 9.91. The fourth-order valence-electron chi connectivity index (χ4n) is 6.34. The van der Waals surface area contributed by atoms with Crippen LogP contribution in [0.15, 0.2) is 30.3 Å². The first-order valence-electron chi connectivity index (χ1n) is 13.2. The second kappa shape index (κ2) is 9.22. The molecule has 2 aromatic carbocycles. The van der Waals surface area contributed by atoms with Crippen molar-refractivity contribution in [1.82, 2.24) is 4.90 Å². The molecule has 0 bridgehead atoms. The second-order valence-electron chi connectivity index (χ2n) is 11.1. The van der Waals surface area contributed by atoms with Gasteiger partial charge in [0.05, 0.1) is 25.7 Å². The molecule has 2 heterocycles. The van der Waals surface area contributed by atoms with Gasteiger partial charge in [0, 0.05) is 24.1 Å². The predicted molar refractivity (Wildman–Crippen MR) is 131 cm³/mol. The van der Waals surface area contributed by atoms with Crippen molar-refractivity contribution in [3.8, 4) is 11.5 Å². The number of alkyl halides is 3. The van der Waals surface area contributed by atoms with E-state index in [1.165, 1.54) is 26.0 Å². The number of nitrogens with zero attached hydrogens (tertiary/aromatic N) is 1. The maximum Gasteiger partial charge on any atom is 0.416 e. The molecule has 2 aromatic rings. The first-order valence-corrected chi connectivity index (χ1v) is 13.2. The lowest BCUT2D eigenvalue weighted by Gasteiger charge is -2.33. The monoisotopic (exact) mass is 515 g/mol.